The minimum atomic E-state index is 0.892. The molecule has 2 heterocycles. The maximum Gasteiger partial charge on any atom is 0.143 e. The number of fused-ring (bicyclic) bond motifs is 6. The average Bonchev–Trinajstić information content (AvgIpc) is 3.83. The number of para-hydroxylation sites is 3. The predicted octanol–water partition coefficient (Wildman–Crippen LogP) is 15.2. The van der Waals surface area contributed by atoms with Gasteiger partial charge in [-0.1, -0.05) is 146 Å². The zero-order valence-electron chi connectivity index (χ0n) is 31.1. The first-order chi connectivity index (χ1) is 28.3. The molecular weight excluding hydrogens is 693 g/mol. The molecule has 11 rings (SSSR count). The molecule has 0 atom stereocenters. The maximum atomic E-state index is 6.49. The highest BCUT2D eigenvalue weighted by atomic mass is 16.3. The van der Waals surface area contributed by atoms with E-state index in [1.165, 1.54) is 32.9 Å². The molecule has 0 radical (unpaired) electrons. The molecule has 0 aliphatic rings. The summed E-state index contributed by atoms with van der Waals surface area (Å²) in [7, 11) is 0. The molecule has 0 amide bonds. The summed E-state index contributed by atoms with van der Waals surface area (Å²) in [6.45, 7) is 0. The molecular formula is C54H36N2O. The van der Waals surface area contributed by atoms with Gasteiger partial charge in [-0.15, -0.1) is 0 Å². The van der Waals surface area contributed by atoms with Crippen LogP contribution in [0.4, 0.5) is 17.1 Å². The highest BCUT2D eigenvalue weighted by molar-refractivity contribution is 6.12. The van der Waals surface area contributed by atoms with Crippen LogP contribution in [0, 0.1) is 0 Å². The number of rotatable bonds is 7. The van der Waals surface area contributed by atoms with E-state index in [1.807, 2.05) is 6.07 Å². The lowest BCUT2D eigenvalue weighted by molar-refractivity contribution is 0.670. The largest absolute Gasteiger partial charge is 0.455 e. The van der Waals surface area contributed by atoms with Gasteiger partial charge in [0, 0.05) is 49.9 Å². The smallest absolute Gasteiger partial charge is 0.143 e. The third-order valence-electron chi connectivity index (χ3n) is 11.2. The first-order valence-electron chi connectivity index (χ1n) is 19.4. The van der Waals surface area contributed by atoms with Crippen molar-refractivity contribution in [1.29, 1.82) is 0 Å². The van der Waals surface area contributed by atoms with Gasteiger partial charge >= 0.3 is 0 Å². The summed E-state index contributed by atoms with van der Waals surface area (Å²) in [6, 6.07) is 78.0. The summed E-state index contributed by atoms with van der Waals surface area (Å²) in [5.74, 6) is 0. The van der Waals surface area contributed by atoms with Crippen molar-refractivity contribution in [1.82, 2.24) is 4.57 Å². The number of hydrogen-bond acceptors (Lipinski definition) is 2. The average molecular weight is 729 g/mol. The second-order valence-corrected chi connectivity index (χ2v) is 14.5. The molecule has 0 N–H and O–H groups in total. The van der Waals surface area contributed by atoms with E-state index < -0.39 is 0 Å². The molecule has 11 aromatic rings. The number of aromatic nitrogens is 1. The highest BCUT2D eigenvalue weighted by Crippen LogP contribution is 2.42. The minimum absolute atomic E-state index is 0.892. The molecule has 3 nitrogen and oxygen atoms in total. The molecule has 0 fully saturated rings. The number of hydrogen-bond donors (Lipinski definition) is 0. The highest BCUT2D eigenvalue weighted by Gasteiger charge is 2.18. The lowest BCUT2D eigenvalue weighted by Gasteiger charge is -2.26. The van der Waals surface area contributed by atoms with Gasteiger partial charge in [-0.05, 0) is 101 Å². The Balaban J connectivity index is 1.02. The number of furan rings is 1. The van der Waals surface area contributed by atoms with Crippen LogP contribution in [0.5, 0.6) is 0 Å². The van der Waals surface area contributed by atoms with E-state index in [9.17, 15) is 0 Å². The van der Waals surface area contributed by atoms with Crippen LogP contribution in [0.1, 0.15) is 0 Å². The van der Waals surface area contributed by atoms with Gasteiger partial charge in [-0.25, -0.2) is 0 Å². The Morgan fingerprint density at radius 1 is 0.333 bits per heavy atom. The molecule has 0 bridgehead atoms. The first kappa shape index (κ1) is 32.8. The molecule has 3 heteroatoms. The van der Waals surface area contributed by atoms with Crippen molar-refractivity contribution in [3.05, 3.63) is 218 Å². The molecule has 0 spiro atoms. The van der Waals surface area contributed by atoms with Crippen LogP contribution in [0.3, 0.4) is 0 Å². The van der Waals surface area contributed by atoms with E-state index in [0.29, 0.717) is 0 Å². The monoisotopic (exact) mass is 728 g/mol. The Bertz CT molecular complexity index is 3200. The van der Waals surface area contributed by atoms with Crippen molar-refractivity contribution >= 4 is 60.8 Å². The molecule has 0 saturated heterocycles. The maximum absolute atomic E-state index is 6.49. The Labute approximate surface area is 330 Å². The molecule has 0 aliphatic heterocycles. The van der Waals surface area contributed by atoms with Crippen LogP contribution in [0.15, 0.2) is 223 Å². The second kappa shape index (κ2) is 13.6. The normalized spacial score (nSPS) is 11.5. The lowest BCUT2D eigenvalue weighted by atomic mass is 10.00. The zero-order valence-corrected chi connectivity index (χ0v) is 31.1. The summed E-state index contributed by atoms with van der Waals surface area (Å²) >= 11 is 0. The Morgan fingerprint density at radius 2 is 0.877 bits per heavy atom. The van der Waals surface area contributed by atoms with E-state index in [0.717, 1.165) is 66.9 Å². The third-order valence-corrected chi connectivity index (χ3v) is 11.2. The Morgan fingerprint density at radius 3 is 1.60 bits per heavy atom. The Hall–Kier alpha value is -7.62. The van der Waals surface area contributed by atoms with Crippen molar-refractivity contribution < 1.29 is 4.42 Å². The zero-order chi connectivity index (χ0) is 37.7. The molecule has 268 valence electrons. The first-order valence-corrected chi connectivity index (χ1v) is 19.4. The van der Waals surface area contributed by atoms with E-state index in [1.54, 1.807) is 0 Å². The lowest BCUT2D eigenvalue weighted by Crippen LogP contribution is -2.10. The van der Waals surface area contributed by atoms with E-state index in [4.69, 9.17) is 4.42 Å². The summed E-state index contributed by atoms with van der Waals surface area (Å²) < 4.78 is 8.86. The van der Waals surface area contributed by atoms with Crippen LogP contribution < -0.4 is 4.90 Å². The number of nitrogens with zero attached hydrogens (tertiary/aromatic N) is 2. The van der Waals surface area contributed by atoms with Crippen molar-refractivity contribution in [2.75, 3.05) is 4.90 Å². The van der Waals surface area contributed by atoms with Gasteiger partial charge in [-0.2, -0.15) is 0 Å². The fourth-order valence-electron chi connectivity index (χ4n) is 8.46. The van der Waals surface area contributed by atoms with Gasteiger partial charge in [0.05, 0.1) is 11.0 Å². The minimum Gasteiger partial charge on any atom is -0.455 e. The van der Waals surface area contributed by atoms with Gasteiger partial charge in [0.25, 0.3) is 0 Å². The van der Waals surface area contributed by atoms with E-state index >= 15 is 0 Å². The van der Waals surface area contributed by atoms with Crippen molar-refractivity contribution in [3.63, 3.8) is 0 Å². The molecule has 9 aromatic carbocycles. The summed E-state index contributed by atoms with van der Waals surface area (Å²) in [5, 5.41) is 4.68. The van der Waals surface area contributed by atoms with Crippen molar-refractivity contribution in [2.24, 2.45) is 0 Å². The van der Waals surface area contributed by atoms with E-state index in [-0.39, 0.29) is 0 Å². The van der Waals surface area contributed by atoms with Gasteiger partial charge in [0.1, 0.15) is 11.2 Å². The fraction of sp³-hybridized carbons (Fsp3) is 0. The topological polar surface area (TPSA) is 21.3 Å². The summed E-state index contributed by atoms with van der Waals surface area (Å²) in [6.07, 6.45) is 0. The van der Waals surface area contributed by atoms with Crippen molar-refractivity contribution in [2.45, 2.75) is 0 Å². The van der Waals surface area contributed by atoms with Crippen LogP contribution in [0.2, 0.25) is 0 Å². The van der Waals surface area contributed by atoms with Crippen LogP contribution >= 0.6 is 0 Å². The van der Waals surface area contributed by atoms with Gasteiger partial charge in [-0.3, -0.25) is 0 Å². The van der Waals surface area contributed by atoms with Crippen LogP contribution in [-0.4, -0.2) is 4.57 Å². The summed E-state index contributed by atoms with van der Waals surface area (Å²) in [4.78, 5) is 2.37. The second-order valence-electron chi connectivity index (χ2n) is 14.5. The molecule has 57 heavy (non-hydrogen) atoms. The SMILES string of the molecule is c1ccc(-c2ccc(N(c3ccc(-c4ccc5oc6c(-c7ccccc7)cccc6c5c4)cc3)c3ccc4c(c3)c3ccccc3n4-c3ccccc3)cc2)cc1. The predicted molar refractivity (Wildman–Crippen MR) is 239 cm³/mol. The quantitative estimate of drug-likeness (QED) is 0.163. The van der Waals surface area contributed by atoms with Gasteiger partial charge in [0.2, 0.25) is 0 Å². The fourth-order valence-corrected chi connectivity index (χ4v) is 8.46. The van der Waals surface area contributed by atoms with Gasteiger partial charge in [0.15, 0.2) is 0 Å². The third kappa shape index (κ3) is 5.68. The van der Waals surface area contributed by atoms with Gasteiger partial charge < -0.3 is 13.9 Å². The Kier molecular flexibility index (Phi) is 7.82. The van der Waals surface area contributed by atoms with Crippen molar-refractivity contribution in [3.8, 4) is 39.1 Å². The molecule has 0 unspecified atom stereocenters. The standard InChI is InChI=1S/C54H36N2O/c1-4-13-37(14-5-1)38-23-28-43(29-24-38)55(45-32-33-52-49(36-45)47-19-10-11-22-51(47)56(52)42-17-8-3-9-18-42)44-30-25-39(26-31-44)41-27-34-53-50(35-41)48-21-12-20-46(54(48)57-53)40-15-6-2-7-16-40/h1-36H. The molecule has 0 aliphatic carbocycles. The number of anilines is 3. The van der Waals surface area contributed by atoms with Crippen LogP contribution in [0.25, 0.3) is 82.8 Å². The van der Waals surface area contributed by atoms with Crippen LogP contribution in [-0.2, 0) is 0 Å². The van der Waals surface area contributed by atoms with E-state index in [2.05, 4.69) is 222 Å². The summed E-state index contributed by atoms with van der Waals surface area (Å²) in [5.41, 5.74) is 15.6. The molecule has 0 saturated carbocycles. The molecule has 2 aromatic heterocycles. The number of benzene rings is 9.